The van der Waals surface area contributed by atoms with Crippen molar-refractivity contribution in [3.63, 3.8) is 0 Å². The molecule has 1 aromatic heterocycles. The van der Waals surface area contributed by atoms with Gasteiger partial charge in [-0.3, -0.25) is 0 Å². The average Bonchev–Trinajstić information content (AvgIpc) is 2.92. The fourth-order valence-corrected chi connectivity index (χ4v) is 1.65. The highest BCUT2D eigenvalue weighted by Crippen LogP contribution is 2.29. The van der Waals surface area contributed by atoms with Crippen molar-refractivity contribution < 1.29 is 14.0 Å². The number of hydrogen-bond acceptors (Lipinski definition) is 6. The van der Waals surface area contributed by atoms with E-state index in [0.717, 1.165) is 17.9 Å². The SMILES string of the molecule is CCOc1cc(CNC)ccc1OCc1ncon1. The molecule has 0 fully saturated rings. The molecule has 0 saturated carbocycles. The maximum atomic E-state index is 5.64. The maximum Gasteiger partial charge on any atom is 0.213 e. The molecule has 2 aromatic rings. The number of benzene rings is 1. The topological polar surface area (TPSA) is 69.4 Å². The Morgan fingerprint density at radius 3 is 2.84 bits per heavy atom. The minimum Gasteiger partial charge on any atom is -0.490 e. The fourth-order valence-electron chi connectivity index (χ4n) is 1.65. The van der Waals surface area contributed by atoms with Crippen LogP contribution in [0.4, 0.5) is 0 Å². The highest BCUT2D eigenvalue weighted by Gasteiger charge is 2.08. The molecule has 0 aliphatic heterocycles. The molecular weight excluding hydrogens is 246 g/mol. The highest BCUT2D eigenvalue weighted by molar-refractivity contribution is 5.43. The average molecular weight is 263 g/mol. The quantitative estimate of drug-likeness (QED) is 0.821. The van der Waals surface area contributed by atoms with Crippen molar-refractivity contribution in [2.45, 2.75) is 20.1 Å². The molecule has 1 aromatic carbocycles. The zero-order valence-corrected chi connectivity index (χ0v) is 11.0. The molecule has 0 spiro atoms. The summed E-state index contributed by atoms with van der Waals surface area (Å²) in [5.41, 5.74) is 1.14. The van der Waals surface area contributed by atoms with E-state index in [-0.39, 0.29) is 6.61 Å². The summed E-state index contributed by atoms with van der Waals surface area (Å²) in [6, 6.07) is 5.84. The van der Waals surface area contributed by atoms with E-state index in [9.17, 15) is 0 Å². The molecule has 0 amide bonds. The van der Waals surface area contributed by atoms with Crippen LogP contribution in [0.5, 0.6) is 11.5 Å². The highest BCUT2D eigenvalue weighted by atomic mass is 16.5. The number of nitrogens with one attached hydrogen (secondary N) is 1. The molecular formula is C13H17N3O3. The monoisotopic (exact) mass is 263 g/mol. The second kappa shape index (κ2) is 6.75. The van der Waals surface area contributed by atoms with Crippen molar-refractivity contribution in [1.29, 1.82) is 0 Å². The van der Waals surface area contributed by atoms with Crippen LogP contribution >= 0.6 is 0 Å². The Hall–Kier alpha value is -2.08. The van der Waals surface area contributed by atoms with Gasteiger partial charge < -0.3 is 19.3 Å². The predicted octanol–water partition coefficient (Wildman–Crippen LogP) is 1.77. The first-order valence-corrected chi connectivity index (χ1v) is 6.12. The summed E-state index contributed by atoms with van der Waals surface area (Å²) in [5, 5.41) is 6.79. The van der Waals surface area contributed by atoms with Gasteiger partial charge in [0.25, 0.3) is 0 Å². The molecule has 1 N–H and O–H groups in total. The first-order chi connectivity index (χ1) is 9.33. The van der Waals surface area contributed by atoms with Gasteiger partial charge in [0.15, 0.2) is 18.1 Å². The van der Waals surface area contributed by atoms with E-state index in [4.69, 9.17) is 9.47 Å². The van der Waals surface area contributed by atoms with Gasteiger partial charge in [-0.05, 0) is 31.7 Å². The van der Waals surface area contributed by atoms with Gasteiger partial charge in [0.1, 0.15) is 0 Å². The van der Waals surface area contributed by atoms with Crippen LogP contribution in [0.25, 0.3) is 0 Å². The summed E-state index contributed by atoms with van der Waals surface area (Å²) >= 11 is 0. The molecule has 6 nitrogen and oxygen atoms in total. The Kier molecular flexibility index (Phi) is 4.74. The zero-order valence-electron chi connectivity index (χ0n) is 11.0. The third kappa shape index (κ3) is 3.69. The third-order valence-electron chi connectivity index (χ3n) is 2.45. The van der Waals surface area contributed by atoms with Crippen molar-refractivity contribution in [3.8, 4) is 11.5 Å². The predicted molar refractivity (Wildman–Crippen MR) is 69.0 cm³/mol. The van der Waals surface area contributed by atoms with Crippen LogP contribution in [0.3, 0.4) is 0 Å². The lowest BCUT2D eigenvalue weighted by atomic mass is 10.2. The minimum atomic E-state index is 0.252. The van der Waals surface area contributed by atoms with E-state index in [1.807, 2.05) is 32.2 Å². The van der Waals surface area contributed by atoms with E-state index >= 15 is 0 Å². The van der Waals surface area contributed by atoms with E-state index in [1.165, 1.54) is 6.39 Å². The molecule has 0 bridgehead atoms. The molecule has 19 heavy (non-hydrogen) atoms. The van der Waals surface area contributed by atoms with Crippen molar-refractivity contribution in [3.05, 3.63) is 36.0 Å². The first kappa shape index (κ1) is 13.4. The summed E-state index contributed by atoms with van der Waals surface area (Å²) in [4.78, 5) is 3.90. The van der Waals surface area contributed by atoms with Crippen LogP contribution in [-0.2, 0) is 13.2 Å². The standard InChI is InChI=1S/C13H17N3O3/c1-3-17-12-6-10(7-14-2)4-5-11(12)18-8-13-15-9-19-16-13/h4-6,9,14H,3,7-8H2,1-2H3. The van der Waals surface area contributed by atoms with Gasteiger partial charge in [-0.15, -0.1) is 0 Å². The lowest BCUT2D eigenvalue weighted by Crippen LogP contribution is -2.06. The number of rotatable bonds is 7. The Bertz CT molecular complexity index is 500. The van der Waals surface area contributed by atoms with Crippen LogP contribution in [0, 0.1) is 0 Å². The van der Waals surface area contributed by atoms with E-state index in [0.29, 0.717) is 18.2 Å². The summed E-state index contributed by atoms with van der Waals surface area (Å²) < 4.78 is 15.9. The van der Waals surface area contributed by atoms with Gasteiger partial charge in [0.2, 0.25) is 12.2 Å². The molecule has 1 heterocycles. The molecule has 0 aliphatic rings. The summed E-state index contributed by atoms with van der Waals surface area (Å²) in [6.45, 7) is 3.56. The number of hydrogen-bond donors (Lipinski definition) is 1. The maximum absolute atomic E-state index is 5.64. The van der Waals surface area contributed by atoms with E-state index < -0.39 is 0 Å². The van der Waals surface area contributed by atoms with Crippen molar-refractivity contribution in [1.82, 2.24) is 15.5 Å². The van der Waals surface area contributed by atoms with Crippen molar-refractivity contribution in [2.24, 2.45) is 0 Å². The Balaban J connectivity index is 2.09. The van der Waals surface area contributed by atoms with Gasteiger partial charge in [-0.25, -0.2) is 0 Å². The van der Waals surface area contributed by atoms with Gasteiger partial charge in [-0.1, -0.05) is 11.2 Å². The third-order valence-corrected chi connectivity index (χ3v) is 2.45. The van der Waals surface area contributed by atoms with Gasteiger partial charge in [-0.2, -0.15) is 4.98 Å². The smallest absolute Gasteiger partial charge is 0.213 e. The van der Waals surface area contributed by atoms with Crippen molar-refractivity contribution >= 4 is 0 Å². The molecule has 0 saturated heterocycles. The Morgan fingerprint density at radius 2 is 2.16 bits per heavy atom. The van der Waals surface area contributed by atoms with Gasteiger partial charge in [0, 0.05) is 6.54 Å². The van der Waals surface area contributed by atoms with Crippen LogP contribution in [0.2, 0.25) is 0 Å². The minimum absolute atomic E-state index is 0.252. The number of nitrogens with zero attached hydrogens (tertiary/aromatic N) is 2. The molecule has 0 aliphatic carbocycles. The molecule has 6 heteroatoms. The molecule has 0 radical (unpaired) electrons. The second-order valence-corrected chi connectivity index (χ2v) is 3.88. The Morgan fingerprint density at radius 1 is 1.26 bits per heavy atom. The van der Waals surface area contributed by atoms with E-state index in [2.05, 4.69) is 20.0 Å². The second-order valence-electron chi connectivity index (χ2n) is 3.88. The Labute approximate surface area is 111 Å². The number of ether oxygens (including phenoxy) is 2. The van der Waals surface area contributed by atoms with Crippen LogP contribution in [0.15, 0.2) is 29.1 Å². The van der Waals surface area contributed by atoms with Crippen molar-refractivity contribution in [2.75, 3.05) is 13.7 Å². The lowest BCUT2D eigenvalue weighted by Gasteiger charge is -2.12. The summed E-state index contributed by atoms with van der Waals surface area (Å²) in [7, 11) is 1.90. The first-order valence-electron chi connectivity index (χ1n) is 6.12. The molecule has 0 atom stereocenters. The summed E-state index contributed by atoms with van der Waals surface area (Å²) in [5.74, 6) is 1.90. The largest absolute Gasteiger partial charge is 0.490 e. The summed E-state index contributed by atoms with van der Waals surface area (Å²) in [6.07, 6.45) is 1.28. The lowest BCUT2D eigenvalue weighted by molar-refractivity contribution is 0.258. The van der Waals surface area contributed by atoms with Crippen LogP contribution < -0.4 is 14.8 Å². The van der Waals surface area contributed by atoms with Crippen LogP contribution in [-0.4, -0.2) is 23.8 Å². The van der Waals surface area contributed by atoms with Crippen LogP contribution in [0.1, 0.15) is 18.3 Å². The fraction of sp³-hybridized carbons (Fsp3) is 0.385. The molecule has 0 unspecified atom stereocenters. The van der Waals surface area contributed by atoms with E-state index in [1.54, 1.807) is 0 Å². The van der Waals surface area contributed by atoms with Gasteiger partial charge in [0.05, 0.1) is 6.61 Å². The zero-order chi connectivity index (χ0) is 13.5. The van der Waals surface area contributed by atoms with Gasteiger partial charge >= 0.3 is 0 Å². The number of aromatic nitrogens is 2. The molecule has 2 rings (SSSR count). The normalized spacial score (nSPS) is 10.4. The molecule has 102 valence electrons.